The molecule has 0 aliphatic heterocycles. The summed E-state index contributed by atoms with van der Waals surface area (Å²) < 4.78 is 27.6. The second-order valence-corrected chi connectivity index (χ2v) is 23.1. The lowest BCUT2D eigenvalue weighted by Gasteiger charge is -2.06. The van der Waals surface area contributed by atoms with Gasteiger partial charge in [0.25, 0.3) is 46.6 Å². The molecule has 9 aromatic heterocycles. The van der Waals surface area contributed by atoms with Gasteiger partial charge in [0, 0.05) is 56.7 Å². The number of aryl methyl sites for hydroxylation is 9. The fourth-order valence-electron chi connectivity index (χ4n) is 7.67. The molecule has 24 heteroatoms. The first-order valence-electron chi connectivity index (χ1n) is 28.2. The molecule has 9 aromatic rings. The predicted octanol–water partition coefficient (Wildman–Crippen LogP) is 3.34. The first kappa shape index (κ1) is 67.5. The van der Waals surface area contributed by atoms with Gasteiger partial charge in [0.1, 0.15) is 105 Å². The molecule has 0 spiro atoms. The van der Waals surface area contributed by atoms with Gasteiger partial charge in [-0.2, -0.15) is 23.5 Å². The van der Waals surface area contributed by atoms with Gasteiger partial charge in [-0.15, -0.1) is 0 Å². The van der Waals surface area contributed by atoms with Crippen LogP contribution >= 0.6 is 23.5 Å². The smallest absolute Gasteiger partial charge is 0.304 e. The summed E-state index contributed by atoms with van der Waals surface area (Å²) in [5.41, 5.74) is 0. The van der Waals surface area contributed by atoms with Crippen LogP contribution in [0.4, 0.5) is 0 Å². The maximum absolute atomic E-state index is 10.2. The number of aromatic amines is 9. The molecule has 0 aliphatic rings. The summed E-state index contributed by atoms with van der Waals surface area (Å²) in [5, 5.41) is 8.38. The highest BCUT2D eigenvalue weighted by atomic mass is 32.2. The van der Waals surface area contributed by atoms with E-state index in [4.69, 9.17) is 14.6 Å². The number of thioether (sulfide) groups is 2. The van der Waals surface area contributed by atoms with Gasteiger partial charge in [-0.05, 0) is 36.2 Å². The third-order valence-corrected chi connectivity index (χ3v) is 14.8. The fraction of sp³-hybridized carbons (Fsp3) is 0.517. The second kappa shape index (κ2) is 38.6. The van der Waals surface area contributed by atoms with E-state index in [1.54, 1.807) is 18.0 Å². The lowest BCUT2D eigenvalue weighted by Crippen LogP contribution is -2.35. The Morgan fingerprint density at radius 2 is 0.720 bits per heavy atom. The van der Waals surface area contributed by atoms with Crippen LogP contribution in [0, 0.1) is 11.8 Å². The van der Waals surface area contributed by atoms with E-state index in [2.05, 4.69) is 114 Å². The van der Waals surface area contributed by atoms with Crippen molar-refractivity contribution in [2.45, 2.75) is 79.1 Å². The van der Waals surface area contributed by atoms with Gasteiger partial charge in [-0.1, -0.05) is 27.7 Å². The highest BCUT2D eigenvalue weighted by Gasteiger charge is 2.18. The van der Waals surface area contributed by atoms with Crippen LogP contribution in [-0.4, -0.2) is 110 Å². The number of nitrogens with one attached hydrogen (secondary N) is 9. The lowest BCUT2D eigenvalue weighted by atomic mass is 10.2. The van der Waals surface area contributed by atoms with E-state index in [-0.39, 0.29) is 6.42 Å². The number of aliphatic carboxylic acids is 1. The van der Waals surface area contributed by atoms with Crippen LogP contribution in [0.25, 0.3) is 0 Å². The van der Waals surface area contributed by atoms with Crippen molar-refractivity contribution >= 4 is 29.5 Å². The van der Waals surface area contributed by atoms with Gasteiger partial charge >= 0.3 is 5.97 Å². The van der Waals surface area contributed by atoms with Gasteiger partial charge in [-0.25, -0.2) is 81.4 Å². The number of ether oxygens (including phenoxy) is 2. The summed E-state index contributed by atoms with van der Waals surface area (Å²) in [5.74, 6) is 15.2. The highest BCUT2D eigenvalue weighted by molar-refractivity contribution is 7.99. The first-order valence-corrected chi connectivity index (χ1v) is 30.5. The molecule has 0 aromatic carbocycles. The molecule has 0 radical (unpaired) electrons. The second-order valence-electron chi connectivity index (χ2n) is 20.6. The molecular weight excluding hydrogens is 1080 g/mol. The molecule has 22 nitrogen and oxygen atoms in total. The molecule has 9 heterocycles. The van der Waals surface area contributed by atoms with Crippen molar-refractivity contribution in [2.24, 2.45) is 68.2 Å². The molecule has 0 unspecified atom stereocenters. The van der Waals surface area contributed by atoms with Crippen molar-refractivity contribution in [1.82, 2.24) is 49.8 Å². The van der Waals surface area contributed by atoms with Crippen molar-refractivity contribution in [3.8, 4) is 0 Å². The minimum atomic E-state index is -0.714. The van der Waals surface area contributed by atoms with Crippen molar-refractivity contribution in [3.05, 3.63) is 164 Å². The number of imidazole rings is 9. The van der Waals surface area contributed by atoms with Crippen LogP contribution < -0.4 is 36.5 Å². The number of aromatic nitrogens is 18. The summed E-state index contributed by atoms with van der Waals surface area (Å²) in [7, 11) is 16.3. The molecule has 10 N–H and O–H groups in total. The molecule has 0 saturated heterocycles. The number of carboxylic acids is 1. The quantitative estimate of drug-likeness (QED) is 0.0286. The van der Waals surface area contributed by atoms with E-state index < -0.39 is 5.97 Å². The third-order valence-electron chi connectivity index (χ3n) is 12.7. The monoisotopic (exact) mass is 1170 g/mol. The standard InChI is InChI=1S/C12H22N2OS.C10H20O3S.4C9H12N4/c1-11(2)10-15-7-3-8-16-9-4-12-13-5-6-14-12;1-9(2)8-13-5-3-6-14-7-4-10(11)12;4*1-12-5-3-10-8(12)7-9-11-4-6-13(9)2/h5-6,11H,3-4,7-10H2,1-2H3,(H,13,14);9H,3-8H2,1-2H3,(H,11,12);4*3-6H,7H2,1-2H3/p+8. The van der Waals surface area contributed by atoms with E-state index in [0.29, 0.717) is 17.6 Å². The Morgan fingerprint density at radius 1 is 0.439 bits per heavy atom. The van der Waals surface area contributed by atoms with Crippen molar-refractivity contribution in [1.29, 1.82) is 0 Å². The Hall–Kier alpha value is -7.02. The first-order chi connectivity index (χ1) is 39.5. The average Bonchev–Trinajstić information content (AvgIpc) is 4.32. The zero-order valence-corrected chi connectivity index (χ0v) is 52.5. The summed E-state index contributed by atoms with van der Waals surface area (Å²) in [4.78, 5) is 43.1. The third kappa shape index (κ3) is 27.2. The number of H-pyrrole nitrogens is 9. The maximum Gasteiger partial charge on any atom is 0.304 e. The number of hydrogen-bond acceptors (Lipinski definition) is 6. The van der Waals surface area contributed by atoms with Gasteiger partial charge < -0.3 is 19.6 Å². The molecule has 448 valence electrons. The average molecular weight is 1180 g/mol. The lowest BCUT2D eigenvalue weighted by molar-refractivity contribution is -0.690. The fourth-order valence-corrected chi connectivity index (χ4v) is 9.38. The zero-order chi connectivity index (χ0) is 59.5. The molecular formula is C58H98N18O4S2+8. The van der Waals surface area contributed by atoms with Gasteiger partial charge in [0.15, 0.2) is 25.7 Å². The van der Waals surface area contributed by atoms with E-state index in [0.717, 1.165) is 88.7 Å². The van der Waals surface area contributed by atoms with Crippen LogP contribution in [0.3, 0.4) is 0 Å². The van der Waals surface area contributed by atoms with Crippen LogP contribution in [0.5, 0.6) is 0 Å². The molecule has 0 bridgehead atoms. The van der Waals surface area contributed by atoms with Gasteiger partial charge in [0.2, 0.25) is 0 Å². The number of carboxylic acid groups (broad SMARTS) is 1. The Labute approximate surface area is 493 Å². The Balaban J connectivity index is 0.000000212. The van der Waals surface area contributed by atoms with E-state index >= 15 is 0 Å². The van der Waals surface area contributed by atoms with Crippen LogP contribution in [-0.2, 0) is 103 Å². The predicted molar refractivity (Wildman–Crippen MR) is 317 cm³/mol. The molecule has 0 fully saturated rings. The van der Waals surface area contributed by atoms with Crippen molar-refractivity contribution in [3.63, 3.8) is 0 Å². The molecule has 0 aliphatic carbocycles. The molecule has 82 heavy (non-hydrogen) atoms. The number of nitrogens with zero attached hydrogens (tertiary/aromatic N) is 9. The summed E-state index contributed by atoms with van der Waals surface area (Å²) in [6, 6.07) is 0. The number of rotatable bonds is 26. The SMILES string of the molecule is CC(C)COCCCSCCC(=O)O.CC(C)COCCCSCCc1ncc[nH]1.C[n+]1cc[nH]c1Cc1[nH]cc[n+]1C.C[n+]1cc[nH]c1Cc1[nH]cc[n+]1C.C[n+]1cc[nH]c1Cc1[nH]cc[n+]1C.C[n+]1cc[nH]c1Cc1[nH]cc[n+]1C. The topological polar surface area (TPSA) is 242 Å². The minimum Gasteiger partial charge on any atom is -0.481 e. The summed E-state index contributed by atoms with van der Waals surface area (Å²) in [6.07, 6.45) is 42.4. The van der Waals surface area contributed by atoms with Gasteiger partial charge in [0.05, 0.1) is 62.8 Å². The number of hydrogen-bond donors (Lipinski definition) is 10. The van der Waals surface area contributed by atoms with E-state index in [1.807, 2.05) is 173 Å². The Morgan fingerprint density at radius 3 is 0.939 bits per heavy atom. The van der Waals surface area contributed by atoms with E-state index in [9.17, 15) is 4.79 Å². The van der Waals surface area contributed by atoms with Crippen LogP contribution in [0.15, 0.2) is 112 Å². The normalized spacial score (nSPS) is 10.8. The summed E-state index contributed by atoms with van der Waals surface area (Å²) >= 11 is 3.65. The van der Waals surface area contributed by atoms with Crippen LogP contribution in [0.2, 0.25) is 0 Å². The molecule has 0 saturated carbocycles. The number of carbonyl (C=O) groups is 1. The summed E-state index contributed by atoms with van der Waals surface area (Å²) in [6.45, 7) is 12.0. The van der Waals surface area contributed by atoms with Crippen LogP contribution in [0.1, 0.15) is 99.4 Å². The van der Waals surface area contributed by atoms with Crippen molar-refractivity contribution < 1.29 is 55.9 Å². The molecule has 9 rings (SSSR count). The highest BCUT2D eigenvalue weighted by Crippen LogP contribution is 2.07. The Kier molecular flexibility index (Phi) is 31.8. The van der Waals surface area contributed by atoms with E-state index in [1.165, 1.54) is 52.3 Å². The van der Waals surface area contributed by atoms with Gasteiger partial charge in [-0.3, -0.25) is 4.79 Å². The largest absolute Gasteiger partial charge is 0.481 e. The molecule has 0 atom stereocenters. The zero-order valence-electron chi connectivity index (χ0n) is 50.9. The minimum absolute atomic E-state index is 0.261. The maximum atomic E-state index is 10.2. The van der Waals surface area contributed by atoms with Crippen molar-refractivity contribution in [2.75, 3.05) is 49.4 Å². The Bertz CT molecular complexity index is 2560. The molecule has 0 amide bonds.